The van der Waals surface area contributed by atoms with Gasteiger partial charge in [-0.2, -0.15) is 0 Å². The number of benzene rings is 2. The van der Waals surface area contributed by atoms with E-state index in [1.807, 2.05) is 61.5 Å². The molecular formula is C23H29N3O3. The molecular weight excluding hydrogens is 366 g/mol. The molecule has 0 bridgehead atoms. The summed E-state index contributed by atoms with van der Waals surface area (Å²) in [7, 11) is 0. The number of carbonyl (C=O) groups is 2. The Bertz CT molecular complexity index is 808. The van der Waals surface area contributed by atoms with Gasteiger partial charge in [0.15, 0.2) is 0 Å². The molecule has 1 heterocycles. The first-order valence-corrected chi connectivity index (χ1v) is 10.3. The predicted molar refractivity (Wildman–Crippen MR) is 116 cm³/mol. The molecule has 1 saturated heterocycles. The van der Waals surface area contributed by atoms with Crippen LogP contribution in [0.1, 0.15) is 26.7 Å². The fraction of sp³-hybridized carbons (Fsp3) is 0.391. The summed E-state index contributed by atoms with van der Waals surface area (Å²) in [5, 5.41) is 0. The van der Waals surface area contributed by atoms with Gasteiger partial charge >= 0.3 is 6.03 Å². The standard InChI is InChI=1S/C23H29N3O3/c1-3-5-15-25(19-9-7-6-8-10-19)22(27)18-24-16-17-26(23(24)28)20-11-13-21(14-12-20)29-4-2/h6-14H,3-5,15-18H2,1-2H3. The lowest BCUT2D eigenvalue weighted by atomic mass is 10.2. The van der Waals surface area contributed by atoms with Crippen LogP contribution in [0.2, 0.25) is 0 Å². The van der Waals surface area contributed by atoms with Crippen molar-refractivity contribution < 1.29 is 14.3 Å². The van der Waals surface area contributed by atoms with E-state index in [0.29, 0.717) is 26.2 Å². The summed E-state index contributed by atoms with van der Waals surface area (Å²) in [6.45, 7) is 6.50. The zero-order chi connectivity index (χ0) is 20.6. The molecule has 154 valence electrons. The van der Waals surface area contributed by atoms with Crippen LogP contribution in [0.15, 0.2) is 54.6 Å². The topological polar surface area (TPSA) is 53.1 Å². The van der Waals surface area contributed by atoms with Crippen LogP contribution in [0.5, 0.6) is 5.75 Å². The van der Waals surface area contributed by atoms with Crippen molar-refractivity contribution in [3.8, 4) is 5.75 Å². The van der Waals surface area contributed by atoms with Crippen molar-refractivity contribution in [1.29, 1.82) is 0 Å². The van der Waals surface area contributed by atoms with E-state index < -0.39 is 0 Å². The van der Waals surface area contributed by atoms with Gasteiger partial charge in [0.05, 0.1) is 6.61 Å². The summed E-state index contributed by atoms with van der Waals surface area (Å²) < 4.78 is 5.46. The number of hydrogen-bond acceptors (Lipinski definition) is 3. The third-order valence-corrected chi connectivity index (χ3v) is 4.98. The minimum Gasteiger partial charge on any atom is -0.494 e. The first kappa shape index (κ1) is 20.7. The highest BCUT2D eigenvalue weighted by Gasteiger charge is 2.32. The van der Waals surface area contributed by atoms with Crippen LogP contribution in [-0.4, -0.2) is 49.6 Å². The van der Waals surface area contributed by atoms with E-state index >= 15 is 0 Å². The number of para-hydroxylation sites is 1. The SMILES string of the molecule is CCCCN(C(=O)CN1CCN(c2ccc(OCC)cc2)C1=O)c1ccccc1. The number of ether oxygens (including phenoxy) is 1. The number of urea groups is 1. The van der Waals surface area contributed by atoms with Crippen LogP contribution >= 0.6 is 0 Å². The van der Waals surface area contributed by atoms with Gasteiger partial charge in [0.25, 0.3) is 0 Å². The molecule has 6 nitrogen and oxygen atoms in total. The molecule has 0 aliphatic carbocycles. The highest BCUT2D eigenvalue weighted by Crippen LogP contribution is 2.24. The predicted octanol–water partition coefficient (Wildman–Crippen LogP) is 4.16. The summed E-state index contributed by atoms with van der Waals surface area (Å²) in [5.41, 5.74) is 1.69. The number of carbonyl (C=O) groups excluding carboxylic acids is 2. The summed E-state index contributed by atoms with van der Waals surface area (Å²) in [5.74, 6) is 0.732. The Balaban J connectivity index is 1.66. The second kappa shape index (κ2) is 9.96. The quantitative estimate of drug-likeness (QED) is 0.641. The molecule has 2 aromatic rings. The smallest absolute Gasteiger partial charge is 0.325 e. The number of hydrogen-bond donors (Lipinski definition) is 0. The van der Waals surface area contributed by atoms with Crippen molar-refractivity contribution in [2.45, 2.75) is 26.7 Å². The van der Waals surface area contributed by atoms with Gasteiger partial charge in [-0.05, 0) is 49.7 Å². The molecule has 0 unspecified atom stereocenters. The average molecular weight is 396 g/mol. The van der Waals surface area contributed by atoms with E-state index in [-0.39, 0.29) is 18.5 Å². The first-order chi connectivity index (χ1) is 14.1. The van der Waals surface area contributed by atoms with Crippen LogP contribution in [0.3, 0.4) is 0 Å². The first-order valence-electron chi connectivity index (χ1n) is 10.3. The molecule has 1 aliphatic heterocycles. The fourth-order valence-corrected chi connectivity index (χ4v) is 3.43. The van der Waals surface area contributed by atoms with E-state index in [4.69, 9.17) is 4.74 Å². The van der Waals surface area contributed by atoms with Crippen molar-refractivity contribution in [2.75, 3.05) is 42.6 Å². The molecule has 0 atom stereocenters. The van der Waals surface area contributed by atoms with Crippen LogP contribution in [0.25, 0.3) is 0 Å². The van der Waals surface area contributed by atoms with Gasteiger partial charge in [0.2, 0.25) is 5.91 Å². The Kier molecular flexibility index (Phi) is 7.11. The van der Waals surface area contributed by atoms with Crippen molar-refractivity contribution >= 4 is 23.3 Å². The highest BCUT2D eigenvalue weighted by atomic mass is 16.5. The van der Waals surface area contributed by atoms with Gasteiger partial charge in [0, 0.05) is 31.0 Å². The van der Waals surface area contributed by atoms with E-state index in [1.54, 1.807) is 14.7 Å². The Morgan fingerprint density at radius 3 is 2.41 bits per heavy atom. The maximum absolute atomic E-state index is 13.0. The van der Waals surface area contributed by atoms with Gasteiger partial charge in [0.1, 0.15) is 12.3 Å². The molecule has 29 heavy (non-hydrogen) atoms. The molecule has 0 saturated carbocycles. The van der Waals surface area contributed by atoms with Crippen molar-refractivity contribution in [2.24, 2.45) is 0 Å². The molecule has 2 aromatic carbocycles. The largest absolute Gasteiger partial charge is 0.494 e. The second-order valence-corrected chi connectivity index (χ2v) is 7.02. The summed E-state index contributed by atoms with van der Waals surface area (Å²) in [6.07, 6.45) is 1.93. The molecule has 1 fully saturated rings. The van der Waals surface area contributed by atoms with Gasteiger partial charge < -0.3 is 14.5 Å². The molecule has 3 rings (SSSR count). The Hall–Kier alpha value is -3.02. The fourth-order valence-electron chi connectivity index (χ4n) is 3.43. The van der Waals surface area contributed by atoms with Gasteiger partial charge in [-0.25, -0.2) is 4.79 Å². The number of anilines is 2. The van der Waals surface area contributed by atoms with E-state index in [2.05, 4.69) is 6.92 Å². The number of amides is 3. The lowest BCUT2D eigenvalue weighted by Crippen LogP contribution is -2.42. The number of rotatable bonds is 9. The minimum absolute atomic E-state index is 0.0495. The molecule has 6 heteroatoms. The molecule has 3 amide bonds. The summed E-state index contributed by atoms with van der Waals surface area (Å²) >= 11 is 0. The van der Waals surface area contributed by atoms with Crippen LogP contribution < -0.4 is 14.5 Å². The van der Waals surface area contributed by atoms with Crippen LogP contribution in [0.4, 0.5) is 16.2 Å². The maximum atomic E-state index is 13.0. The molecule has 0 aromatic heterocycles. The normalized spacial score (nSPS) is 13.7. The average Bonchev–Trinajstić information content (AvgIpc) is 3.10. The van der Waals surface area contributed by atoms with E-state index in [0.717, 1.165) is 30.0 Å². The van der Waals surface area contributed by atoms with Crippen molar-refractivity contribution in [3.63, 3.8) is 0 Å². The minimum atomic E-state index is -0.133. The van der Waals surface area contributed by atoms with Crippen molar-refractivity contribution in [1.82, 2.24) is 4.90 Å². The molecule has 1 aliphatic rings. The second-order valence-electron chi connectivity index (χ2n) is 7.02. The Morgan fingerprint density at radius 1 is 1.03 bits per heavy atom. The Labute approximate surface area is 172 Å². The zero-order valence-corrected chi connectivity index (χ0v) is 17.2. The monoisotopic (exact) mass is 395 g/mol. The molecule has 0 N–H and O–H groups in total. The van der Waals surface area contributed by atoms with Crippen LogP contribution in [0, 0.1) is 0 Å². The van der Waals surface area contributed by atoms with Gasteiger partial charge in [-0.3, -0.25) is 9.69 Å². The zero-order valence-electron chi connectivity index (χ0n) is 17.2. The maximum Gasteiger partial charge on any atom is 0.325 e. The Morgan fingerprint density at radius 2 is 1.76 bits per heavy atom. The lowest BCUT2D eigenvalue weighted by Gasteiger charge is -2.25. The van der Waals surface area contributed by atoms with Crippen LogP contribution in [-0.2, 0) is 4.79 Å². The third-order valence-electron chi connectivity index (χ3n) is 4.98. The number of nitrogens with zero attached hydrogens (tertiary/aromatic N) is 3. The summed E-state index contributed by atoms with van der Waals surface area (Å²) in [6, 6.07) is 17.0. The van der Waals surface area contributed by atoms with E-state index in [9.17, 15) is 9.59 Å². The van der Waals surface area contributed by atoms with Gasteiger partial charge in [-0.15, -0.1) is 0 Å². The lowest BCUT2D eigenvalue weighted by molar-refractivity contribution is -0.119. The highest BCUT2D eigenvalue weighted by molar-refractivity contribution is 6.00. The third kappa shape index (κ3) is 5.08. The van der Waals surface area contributed by atoms with Crippen molar-refractivity contribution in [3.05, 3.63) is 54.6 Å². The van der Waals surface area contributed by atoms with Gasteiger partial charge in [-0.1, -0.05) is 31.5 Å². The van der Waals surface area contributed by atoms with E-state index in [1.165, 1.54) is 0 Å². The molecule has 0 radical (unpaired) electrons. The summed E-state index contributed by atoms with van der Waals surface area (Å²) in [4.78, 5) is 31.0. The number of unbranched alkanes of at least 4 members (excludes halogenated alkanes) is 1. The molecule has 0 spiro atoms.